The first-order valence-corrected chi connectivity index (χ1v) is 9.09. The maximum atomic E-state index is 9.07. The number of hydrogen-bond acceptors (Lipinski definition) is 6. The number of nitriles is 1. The Morgan fingerprint density at radius 3 is 2.88 bits per heavy atom. The van der Waals surface area contributed by atoms with Gasteiger partial charge in [-0.2, -0.15) is 5.26 Å². The van der Waals surface area contributed by atoms with Crippen molar-refractivity contribution in [3.63, 3.8) is 0 Å². The van der Waals surface area contributed by atoms with Crippen LogP contribution in [0.15, 0.2) is 35.8 Å². The molecule has 3 aromatic rings. The van der Waals surface area contributed by atoms with Crippen LogP contribution in [-0.4, -0.2) is 36.2 Å². The van der Waals surface area contributed by atoms with Crippen LogP contribution in [0, 0.1) is 11.3 Å². The highest BCUT2D eigenvalue weighted by Crippen LogP contribution is 2.31. The van der Waals surface area contributed by atoms with Crippen molar-refractivity contribution in [2.24, 2.45) is 0 Å². The van der Waals surface area contributed by atoms with Gasteiger partial charge >= 0.3 is 0 Å². The number of nitrogens with two attached hydrogens (primary N) is 1. The number of benzene rings is 1. The molecular weight excluding hydrogens is 332 g/mol. The van der Waals surface area contributed by atoms with Gasteiger partial charge < -0.3 is 10.5 Å². The summed E-state index contributed by atoms with van der Waals surface area (Å²) in [5.41, 5.74) is 10.1. The smallest absolute Gasteiger partial charge is 0.103 e. The highest BCUT2D eigenvalue weighted by atomic mass is 32.1. The molecule has 2 N–H and O–H groups in total. The quantitative estimate of drug-likeness (QED) is 0.785. The zero-order chi connectivity index (χ0) is 17.2. The van der Waals surface area contributed by atoms with Crippen molar-refractivity contribution < 1.29 is 4.74 Å². The first-order chi connectivity index (χ1) is 12.2. The molecule has 5 nitrogen and oxygen atoms in total. The van der Waals surface area contributed by atoms with Crippen LogP contribution in [0.4, 0.5) is 5.69 Å². The lowest BCUT2D eigenvalue weighted by Gasteiger charge is -2.25. The topological polar surface area (TPSA) is 75.2 Å². The summed E-state index contributed by atoms with van der Waals surface area (Å²) in [6, 6.07) is 10.4. The van der Waals surface area contributed by atoms with Crippen molar-refractivity contribution in [2.75, 3.05) is 32.0 Å². The van der Waals surface area contributed by atoms with Gasteiger partial charge in [-0.3, -0.25) is 9.88 Å². The monoisotopic (exact) mass is 350 g/mol. The summed E-state index contributed by atoms with van der Waals surface area (Å²) < 4.78 is 5.40. The average Bonchev–Trinajstić information content (AvgIpc) is 3.11. The summed E-state index contributed by atoms with van der Waals surface area (Å²) in [5, 5.41) is 12.1. The second-order valence-electron chi connectivity index (χ2n) is 6.12. The molecular formula is C19H18N4OS. The van der Waals surface area contributed by atoms with Gasteiger partial charge in [0, 0.05) is 36.1 Å². The molecule has 1 fully saturated rings. The molecule has 0 aliphatic carbocycles. The number of aromatic nitrogens is 1. The fourth-order valence-corrected chi connectivity index (χ4v) is 4.01. The highest BCUT2D eigenvalue weighted by molar-refractivity contribution is 7.10. The largest absolute Gasteiger partial charge is 0.397 e. The van der Waals surface area contributed by atoms with Crippen LogP contribution in [0.1, 0.15) is 10.4 Å². The maximum absolute atomic E-state index is 9.07. The van der Waals surface area contributed by atoms with E-state index < -0.39 is 0 Å². The first kappa shape index (κ1) is 16.0. The Bertz CT molecular complexity index is 954. The third-order valence-electron chi connectivity index (χ3n) is 4.50. The Hall–Kier alpha value is -2.46. The third kappa shape index (κ3) is 3.22. The Kier molecular flexibility index (Phi) is 4.36. The van der Waals surface area contributed by atoms with Gasteiger partial charge in [0.2, 0.25) is 0 Å². The highest BCUT2D eigenvalue weighted by Gasteiger charge is 2.13. The van der Waals surface area contributed by atoms with Crippen LogP contribution in [0.3, 0.4) is 0 Å². The molecule has 0 bridgehead atoms. The summed E-state index contributed by atoms with van der Waals surface area (Å²) >= 11 is 1.78. The van der Waals surface area contributed by atoms with Gasteiger partial charge in [0.25, 0.3) is 0 Å². The van der Waals surface area contributed by atoms with Crippen molar-refractivity contribution >= 4 is 27.9 Å². The Balaban J connectivity index is 1.60. The van der Waals surface area contributed by atoms with Crippen LogP contribution >= 0.6 is 11.3 Å². The van der Waals surface area contributed by atoms with Gasteiger partial charge in [-0.15, -0.1) is 11.3 Å². The third-order valence-corrected chi connectivity index (χ3v) is 5.42. The number of morpholine rings is 1. The first-order valence-electron chi connectivity index (χ1n) is 8.21. The predicted octanol–water partition coefficient (Wildman–Crippen LogP) is 3.25. The molecule has 0 saturated carbocycles. The molecule has 0 spiro atoms. The van der Waals surface area contributed by atoms with E-state index in [0.717, 1.165) is 49.3 Å². The van der Waals surface area contributed by atoms with E-state index in [1.807, 2.05) is 18.2 Å². The second kappa shape index (κ2) is 6.81. The average molecular weight is 350 g/mol. The van der Waals surface area contributed by atoms with E-state index in [1.54, 1.807) is 17.5 Å². The zero-order valence-corrected chi connectivity index (χ0v) is 14.6. The molecule has 4 rings (SSSR count). The van der Waals surface area contributed by atoms with E-state index in [4.69, 9.17) is 15.7 Å². The molecule has 1 aliphatic heterocycles. The Labute approximate surface area is 150 Å². The number of pyridine rings is 1. The van der Waals surface area contributed by atoms with Crippen molar-refractivity contribution in [2.45, 2.75) is 6.54 Å². The fraction of sp³-hybridized carbons (Fsp3) is 0.263. The van der Waals surface area contributed by atoms with Crippen LogP contribution in [0.5, 0.6) is 0 Å². The number of nitrogens with zero attached hydrogens (tertiary/aromatic N) is 3. The van der Waals surface area contributed by atoms with Crippen molar-refractivity contribution in [3.05, 3.63) is 46.3 Å². The zero-order valence-electron chi connectivity index (χ0n) is 13.7. The van der Waals surface area contributed by atoms with E-state index in [9.17, 15) is 0 Å². The van der Waals surface area contributed by atoms with Gasteiger partial charge in [-0.1, -0.05) is 12.1 Å². The summed E-state index contributed by atoms with van der Waals surface area (Å²) in [6.45, 7) is 4.60. The number of thiophene rings is 1. The Morgan fingerprint density at radius 1 is 1.24 bits per heavy atom. The lowest BCUT2D eigenvalue weighted by molar-refractivity contribution is 0.0346. The molecule has 0 unspecified atom stereocenters. The van der Waals surface area contributed by atoms with Crippen molar-refractivity contribution in [1.82, 2.24) is 9.88 Å². The fourth-order valence-electron chi connectivity index (χ4n) is 3.08. The summed E-state index contributed by atoms with van der Waals surface area (Å²) in [5.74, 6) is 0. The summed E-state index contributed by atoms with van der Waals surface area (Å²) in [4.78, 5) is 8.15. The number of rotatable bonds is 3. The van der Waals surface area contributed by atoms with Gasteiger partial charge in [-0.05, 0) is 28.6 Å². The number of anilines is 1. The number of hydrogen-bond donors (Lipinski definition) is 1. The lowest BCUT2D eigenvalue weighted by Crippen LogP contribution is -2.35. The van der Waals surface area contributed by atoms with E-state index in [2.05, 4.69) is 27.4 Å². The van der Waals surface area contributed by atoms with Crippen molar-refractivity contribution in [3.8, 4) is 17.2 Å². The van der Waals surface area contributed by atoms with Gasteiger partial charge in [-0.25, -0.2) is 0 Å². The number of ether oxygens (including phenoxy) is 1. The predicted molar refractivity (Wildman–Crippen MR) is 100 cm³/mol. The molecule has 1 aromatic carbocycles. The van der Waals surface area contributed by atoms with E-state index in [0.29, 0.717) is 11.3 Å². The minimum atomic E-state index is 0.420. The molecule has 0 atom stereocenters. The minimum Gasteiger partial charge on any atom is -0.397 e. The van der Waals surface area contributed by atoms with Gasteiger partial charge in [0.05, 0.1) is 30.0 Å². The van der Waals surface area contributed by atoms with Crippen LogP contribution in [0.25, 0.3) is 22.0 Å². The molecule has 25 heavy (non-hydrogen) atoms. The van der Waals surface area contributed by atoms with E-state index in [-0.39, 0.29) is 0 Å². The van der Waals surface area contributed by atoms with Crippen LogP contribution < -0.4 is 5.73 Å². The molecule has 1 aliphatic rings. The SMILES string of the molecule is N#Cc1cnc2cc(-c3csc(CN4CCOCC4)c3)ccc2c1N. The van der Waals surface area contributed by atoms with Crippen LogP contribution in [-0.2, 0) is 11.3 Å². The maximum Gasteiger partial charge on any atom is 0.103 e. The second-order valence-corrected chi connectivity index (χ2v) is 7.12. The number of fused-ring (bicyclic) bond motifs is 1. The standard InChI is InChI=1S/C19H18N4OS/c20-9-15-10-22-18-8-13(1-2-17(18)19(15)21)14-7-16(25-12-14)11-23-3-5-24-6-4-23/h1-2,7-8,10,12H,3-6,11H2,(H2,21,22). The van der Waals surface area contributed by atoms with Crippen molar-refractivity contribution in [1.29, 1.82) is 5.26 Å². The molecule has 126 valence electrons. The summed E-state index contributed by atoms with van der Waals surface area (Å²) in [7, 11) is 0. The van der Waals surface area contributed by atoms with Gasteiger partial charge in [0.15, 0.2) is 0 Å². The minimum absolute atomic E-state index is 0.420. The van der Waals surface area contributed by atoms with Crippen LogP contribution in [0.2, 0.25) is 0 Å². The molecule has 2 aromatic heterocycles. The molecule has 0 radical (unpaired) electrons. The van der Waals surface area contributed by atoms with E-state index >= 15 is 0 Å². The van der Waals surface area contributed by atoms with Gasteiger partial charge in [0.1, 0.15) is 6.07 Å². The lowest BCUT2D eigenvalue weighted by atomic mass is 10.0. The molecule has 0 amide bonds. The van der Waals surface area contributed by atoms with E-state index in [1.165, 1.54) is 10.4 Å². The number of nitrogen functional groups attached to an aromatic ring is 1. The molecule has 6 heteroatoms. The Morgan fingerprint density at radius 2 is 2.08 bits per heavy atom. The normalized spacial score (nSPS) is 15.3. The summed E-state index contributed by atoms with van der Waals surface area (Å²) in [6.07, 6.45) is 1.54. The molecule has 1 saturated heterocycles. The molecule has 3 heterocycles.